The zero-order valence-corrected chi connectivity index (χ0v) is 10.8. The molecule has 4 fully saturated rings. The summed E-state index contributed by atoms with van der Waals surface area (Å²) < 4.78 is 0. The van der Waals surface area contributed by atoms with E-state index in [-0.39, 0.29) is 0 Å². The SMILES string of the molecule is CC(CCN)CC12CC3CC(CC(C3)C1)C2. The lowest BCUT2D eigenvalue weighted by atomic mass is 9.48. The summed E-state index contributed by atoms with van der Waals surface area (Å²) in [4.78, 5) is 0. The first-order valence-corrected chi connectivity index (χ1v) is 7.39. The first-order chi connectivity index (χ1) is 7.69. The molecule has 4 bridgehead atoms. The van der Waals surface area contributed by atoms with Crippen LogP contribution in [0.25, 0.3) is 0 Å². The van der Waals surface area contributed by atoms with Crippen LogP contribution in [-0.2, 0) is 0 Å². The van der Waals surface area contributed by atoms with E-state index in [9.17, 15) is 0 Å². The van der Waals surface area contributed by atoms with Gasteiger partial charge in [-0.2, -0.15) is 0 Å². The smallest absolute Gasteiger partial charge is 0.00747 e. The van der Waals surface area contributed by atoms with Crippen LogP contribution in [0.3, 0.4) is 0 Å². The molecule has 1 atom stereocenters. The predicted molar refractivity (Wildman–Crippen MR) is 68.1 cm³/mol. The minimum atomic E-state index is 0.767. The fraction of sp³-hybridized carbons (Fsp3) is 1.00. The van der Waals surface area contributed by atoms with Crippen molar-refractivity contribution in [3.63, 3.8) is 0 Å². The van der Waals surface area contributed by atoms with E-state index in [1.165, 1.54) is 12.8 Å². The summed E-state index contributed by atoms with van der Waals surface area (Å²) in [6.07, 6.45) is 12.1. The van der Waals surface area contributed by atoms with Gasteiger partial charge < -0.3 is 5.73 Å². The van der Waals surface area contributed by atoms with E-state index in [0.717, 1.165) is 35.6 Å². The lowest BCUT2D eigenvalue weighted by Crippen LogP contribution is -2.46. The van der Waals surface area contributed by atoms with Gasteiger partial charge in [-0.25, -0.2) is 0 Å². The Bertz CT molecular complexity index is 223. The molecule has 4 rings (SSSR count). The quantitative estimate of drug-likeness (QED) is 0.771. The molecule has 0 spiro atoms. The van der Waals surface area contributed by atoms with Gasteiger partial charge in [0.1, 0.15) is 0 Å². The van der Waals surface area contributed by atoms with Crippen LogP contribution in [0.1, 0.15) is 58.3 Å². The van der Waals surface area contributed by atoms with Gasteiger partial charge in [0.15, 0.2) is 0 Å². The van der Waals surface area contributed by atoms with E-state index in [1.54, 1.807) is 38.5 Å². The molecule has 1 nitrogen and oxygen atoms in total. The molecule has 0 aromatic heterocycles. The summed E-state index contributed by atoms with van der Waals surface area (Å²) in [5, 5.41) is 0. The van der Waals surface area contributed by atoms with E-state index >= 15 is 0 Å². The fourth-order valence-electron chi connectivity index (χ4n) is 5.67. The molecule has 4 aliphatic rings. The van der Waals surface area contributed by atoms with Gasteiger partial charge in [0, 0.05) is 0 Å². The van der Waals surface area contributed by atoms with Crippen LogP contribution in [0.2, 0.25) is 0 Å². The Morgan fingerprint density at radius 3 is 2.00 bits per heavy atom. The highest BCUT2D eigenvalue weighted by atomic mass is 14.6. The number of rotatable bonds is 4. The molecule has 0 heterocycles. The van der Waals surface area contributed by atoms with E-state index in [1.807, 2.05) is 0 Å². The number of nitrogens with two attached hydrogens (primary N) is 1. The van der Waals surface area contributed by atoms with Crippen molar-refractivity contribution in [2.75, 3.05) is 6.54 Å². The maximum Gasteiger partial charge on any atom is -0.00747 e. The molecule has 4 saturated carbocycles. The molecule has 0 amide bonds. The normalized spacial score (nSPS) is 47.2. The summed E-state index contributed by atoms with van der Waals surface area (Å²) in [6.45, 7) is 3.30. The van der Waals surface area contributed by atoms with Crippen LogP contribution in [0.15, 0.2) is 0 Å². The molecule has 0 aromatic rings. The van der Waals surface area contributed by atoms with Crippen molar-refractivity contribution in [2.24, 2.45) is 34.8 Å². The lowest BCUT2D eigenvalue weighted by molar-refractivity contribution is -0.0645. The first-order valence-electron chi connectivity index (χ1n) is 7.39. The summed E-state index contributed by atoms with van der Waals surface area (Å²) >= 11 is 0. The predicted octanol–water partition coefficient (Wildman–Crippen LogP) is 3.58. The third kappa shape index (κ3) is 1.92. The zero-order chi connectivity index (χ0) is 11.2. The topological polar surface area (TPSA) is 26.0 Å². The zero-order valence-electron chi connectivity index (χ0n) is 10.8. The van der Waals surface area contributed by atoms with Gasteiger partial charge in [-0.15, -0.1) is 0 Å². The number of hydrogen-bond acceptors (Lipinski definition) is 1. The monoisotopic (exact) mass is 221 g/mol. The highest BCUT2D eigenvalue weighted by Crippen LogP contribution is 2.62. The van der Waals surface area contributed by atoms with E-state index in [2.05, 4.69) is 6.92 Å². The fourth-order valence-corrected chi connectivity index (χ4v) is 5.67. The Balaban J connectivity index is 1.68. The van der Waals surface area contributed by atoms with Gasteiger partial charge in [0.05, 0.1) is 0 Å². The highest BCUT2D eigenvalue weighted by molar-refractivity contribution is 5.01. The third-order valence-corrected chi connectivity index (χ3v) is 5.61. The van der Waals surface area contributed by atoms with Crippen LogP contribution in [-0.4, -0.2) is 6.54 Å². The molecule has 2 N–H and O–H groups in total. The van der Waals surface area contributed by atoms with Crippen molar-refractivity contribution in [3.8, 4) is 0 Å². The summed E-state index contributed by atoms with van der Waals surface area (Å²) in [6, 6.07) is 0. The van der Waals surface area contributed by atoms with Crippen molar-refractivity contribution in [3.05, 3.63) is 0 Å². The van der Waals surface area contributed by atoms with Gasteiger partial charge in [0.25, 0.3) is 0 Å². The van der Waals surface area contributed by atoms with Crippen molar-refractivity contribution >= 4 is 0 Å². The average molecular weight is 221 g/mol. The second-order valence-electron chi connectivity index (χ2n) is 7.30. The minimum absolute atomic E-state index is 0.767. The molecule has 4 aliphatic carbocycles. The van der Waals surface area contributed by atoms with Crippen molar-refractivity contribution < 1.29 is 0 Å². The Morgan fingerprint density at radius 2 is 1.56 bits per heavy atom. The first kappa shape index (κ1) is 11.1. The molecule has 0 radical (unpaired) electrons. The third-order valence-electron chi connectivity index (χ3n) is 5.61. The van der Waals surface area contributed by atoms with Crippen LogP contribution in [0.5, 0.6) is 0 Å². The Hall–Kier alpha value is -0.0400. The van der Waals surface area contributed by atoms with Gasteiger partial charge in [-0.05, 0) is 87.0 Å². The average Bonchev–Trinajstić information content (AvgIpc) is 2.13. The highest BCUT2D eigenvalue weighted by Gasteiger charge is 2.50. The van der Waals surface area contributed by atoms with E-state index in [0.29, 0.717) is 0 Å². The van der Waals surface area contributed by atoms with Crippen molar-refractivity contribution in [1.82, 2.24) is 0 Å². The summed E-state index contributed by atoms with van der Waals surface area (Å²) in [5.74, 6) is 4.19. The van der Waals surface area contributed by atoms with Crippen LogP contribution >= 0.6 is 0 Å². The molecule has 0 aromatic carbocycles. The Labute approximate surface area is 100 Å². The van der Waals surface area contributed by atoms with Crippen molar-refractivity contribution in [2.45, 2.75) is 58.3 Å². The van der Waals surface area contributed by atoms with Crippen LogP contribution < -0.4 is 5.73 Å². The maximum absolute atomic E-state index is 5.70. The second-order valence-corrected chi connectivity index (χ2v) is 7.30. The molecule has 16 heavy (non-hydrogen) atoms. The molecular weight excluding hydrogens is 194 g/mol. The molecule has 1 heteroatoms. The molecule has 1 unspecified atom stereocenters. The molecule has 0 aliphatic heterocycles. The van der Waals surface area contributed by atoms with E-state index < -0.39 is 0 Å². The lowest BCUT2D eigenvalue weighted by Gasteiger charge is -2.57. The van der Waals surface area contributed by atoms with Gasteiger partial charge in [-0.3, -0.25) is 0 Å². The molecule has 92 valence electrons. The minimum Gasteiger partial charge on any atom is -0.330 e. The van der Waals surface area contributed by atoms with Crippen LogP contribution in [0.4, 0.5) is 0 Å². The maximum atomic E-state index is 5.70. The van der Waals surface area contributed by atoms with Crippen molar-refractivity contribution in [1.29, 1.82) is 0 Å². The van der Waals surface area contributed by atoms with E-state index in [4.69, 9.17) is 5.73 Å². The molecule has 0 saturated heterocycles. The summed E-state index contributed by atoms with van der Waals surface area (Å²) in [7, 11) is 0. The summed E-state index contributed by atoms with van der Waals surface area (Å²) in [5.41, 5.74) is 6.46. The Kier molecular flexibility index (Phi) is 2.78. The van der Waals surface area contributed by atoms with Gasteiger partial charge in [0.2, 0.25) is 0 Å². The standard InChI is InChI=1S/C15H27N/c1-11(2-3-16)7-15-8-12-4-13(9-15)6-14(5-12)10-15/h11-14H,2-10,16H2,1H3. The largest absolute Gasteiger partial charge is 0.330 e. The van der Waals surface area contributed by atoms with Gasteiger partial charge >= 0.3 is 0 Å². The van der Waals surface area contributed by atoms with Crippen LogP contribution in [0, 0.1) is 29.1 Å². The Morgan fingerprint density at radius 1 is 1.06 bits per heavy atom. The van der Waals surface area contributed by atoms with Gasteiger partial charge in [-0.1, -0.05) is 6.92 Å². The number of hydrogen-bond donors (Lipinski definition) is 1. The second kappa shape index (κ2) is 4.01. The molecular formula is C15H27N.